The Balaban J connectivity index is 1.62. The summed E-state index contributed by atoms with van der Waals surface area (Å²) in [7, 11) is 0. The Morgan fingerprint density at radius 2 is 2.33 bits per heavy atom. The molecule has 2 N–H and O–H groups in total. The monoisotopic (exact) mass is 346 g/mol. The summed E-state index contributed by atoms with van der Waals surface area (Å²) in [5.41, 5.74) is 0. The van der Waals surface area contributed by atoms with Crippen LogP contribution in [0.4, 0.5) is 5.82 Å². The third kappa shape index (κ3) is 3.67. The van der Waals surface area contributed by atoms with Crippen LogP contribution >= 0.6 is 11.8 Å². The third-order valence-electron chi connectivity index (χ3n) is 3.55. The van der Waals surface area contributed by atoms with Crippen molar-refractivity contribution in [2.24, 2.45) is 0 Å². The van der Waals surface area contributed by atoms with Gasteiger partial charge in [-0.25, -0.2) is 9.67 Å². The zero-order chi connectivity index (χ0) is 16.9. The lowest BCUT2D eigenvalue weighted by Gasteiger charge is -2.13. The van der Waals surface area contributed by atoms with Gasteiger partial charge in [-0.1, -0.05) is 18.7 Å². The fourth-order valence-electron chi connectivity index (χ4n) is 2.10. The number of carbonyl (C=O) groups excluding carboxylic acids is 1. The van der Waals surface area contributed by atoms with Crippen molar-refractivity contribution in [3.8, 4) is 0 Å². The number of thioether (sulfide) groups is 1. The summed E-state index contributed by atoms with van der Waals surface area (Å²) in [6, 6.07) is 5.42. The molecular weight excluding hydrogens is 328 g/mol. The second kappa shape index (κ2) is 7.35. The number of carbonyl (C=O) groups is 1. The highest BCUT2D eigenvalue weighted by Crippen LogP contribution is 2.21. The first-order chi connectivity index (χ1) is 11.7. The molecule has 3 rings (SSSR count). The van der Waals surface area contributed by atoms with Crippen molar-refractivity contribution in [3.63, 3.8) is 0 Å². The van der Waals surface area contributed by atoms with Crippen LogP contribution < -0.4 is 5.32 Å². The smallest absolute Gasteiger partial charge is 0.292 e. The van der Waals surface area contributed by atoms with E-state index in [1.165, 1.54) is 18.1 Å². The molecule has 126 valence electrons. The lowest BCUT2D eigenvalue weighted by Crippen LogP contribution is -2.17. The van der Waals surface area contributed by atoms with E-state index in [2.05, 4.69) is 32.5 Å². The van der Waals surface area contributed by atoms with E-state index < -0.39 is 0 Å². The Morgan fingerprint density at radius 1 is 1.46 bits per heavy atom. The van der Waals surface area contributed by atoms with Gasteiger partial charge in [-0.3, -0.25) is 9.89 Å². The summed E-state index contributed by atoms with van der Waals surface area (Å²) in [5.74, 6) is 1.88. The maximum Gasteiger partial charge on any atom is 0.292 e. The van der Waals surface area contributed by atoms with Gasteiger partial charge in [0.05, 0.1) is 18.0 Å². The van der Waals surface area contributed by atoms with Gasteiger partial charge < -0.3 is 9.73 Å². The molecule has 0 aliphatic carbocycles. The molecule has 0 radical (unpaired) electrons. The van der Waals surface area contributed by atoms with Crippen LogP contribution in [0.2, 0.25) is 0 Å². The van der Waals surface area contributed by atoms with Crippen LogP contribution in [-0.4, -0.2) is 30.9 Å². The van der Waals surface area contributed by atoms with Crippen molar-refractivity contribution in [1.82, 2.24) is 25.0 Å². The molecule has 0 saturated heterocycles. The summed E-state index contributed by atoms with van der Waals surface area (Å²) >= 11 is 1.45. The number of aromatic nitrogens is 5. The van der Waals surface area contributed by atoms with Gasteiger partial charge in [0.15, 0.2) is 10.9 Å². The first kappa shape index (κ1) is 16.3. The van der Waals surface area contributed by atoms with E-state index in [1.807, 2.05) is 6.92 Å². The number of nitrogens with one attached hydrogen (secondary N) is 2. The molecule has 0 fully saturated rings. The maximum absolute atomic E-state index is 12.3. The average molecular weight is 346 g/mol. The van der Waals surface area contributed by atoms with E-state index in [4.69, 9.17) is 4.42 Å². The van der Waals surface area contributed by atoms with Gasteiger partial charge in [0, 0.05) is 6.07 Å². The maximum atomic E-state index is 12.3. The second-order valence-corrected chi connectivity index (χ2v) is 6.18. The molecule has 24 heavy (non-hydrogen) atoms. The van der Waals surface area contributed by atoms with Gasteiger partial charge in [-0.2, -0.15) is 10.2 Å². The van der Waals surface area contributed by atoms with E-state index in [0.29, 0.717) is 22.5 Å². The summed E-state index contributed by atoms with van der Waals surface area (Å²) in [6.45, 7) is 4.12. The van der Waals surface area contributed by atoms with Crippen molar-refractivity contribution >= 4 is 23.5 Å². The number of aromatic amines is 1. The molecule has 0 saturated carbocycles. The Bertz CT molecular complexity index is 795. The SMILES string of the molecule is CCC(C)n1nccc1NC(=O)c1ccc(CSc2ncn[nH]2)o1. The molecule has 0 bridgehead atoms. The summed E-state index contributed by atoms with van der Waals surface area (Å²) < 4.78 is 7.39. The third-order valence-corrected chi connectivity index (χ3v) is 4.45. The number of anilines is 1. The van der Waals surface area contributed by atoms with E-state index in [1.54, 1.807) is 29.1 Å². The number of H-pyrrole nitrogens is 1. The zero-order valence-electron chi connectivity index (χ0n) is 13.4. The predicted molar refractivity (Wildman–Crippen MR) is 89.8 cm³/mol. The highest BCUT2D eigenvalue weighted by molar-refractivity contribution is 7.98. The van der Waals surface area contributed by atoms with Crippen LogP contribution in [-0.2, 0) is 5.75 Å². The molecule has 0 aliphatic heterocycles. The lowest BCUT2D eigenvalue weighted by molar-refractivity contribution is 0.0994. The van der Waals surface area contributed by atoms with Crippen LogP contribution in [0.3, 0.4) is 0 Å². The van der Waals surface area contributed by atoms with Crippen molar-refractivity contribution in [2.75, 3.05) is 5.32 Å². The molecule has 0 aliphatic rings. The van der Waals surface area contributed by atoms with Crippen LogP contribution in [0.15, 0.2) is 40.3 Å². The van der Waals surface area contributed by atoms with E-state index in [9.17, 15) is 4.79 Å². The van der Waals surface area contributed by atoms with Crippen molar-refractivity contribution in [2.45, 2.75) is 37.2 Å². The summed E-state index contributed by atoms with van der Waals surface area (Å²) in [4.78, 5) is 16.4. The number of rotatable bonds is 7. The van der Waals surface area contributed by atoms with E-state index in [-0.39, 0.29) is 17.7 Å². The minimum atomic E-state index is -0.295. The Labute approximate surface area is 143 Å². The summed E-state index contributed by atoms with van der Waals surface area (Å²) in [5, 5.41) is 14.3. The van der Waals surface area contributed by atoms with Crippen LogP contribution in [0.5, 0.6) is 0 Å². The van der Waals surface area contributed by atoms with Crippen molar-refractivity contribution in [1.29, 1.82) is 0 Å². The summed E-state index contributed by atoms with van der Waals surface area (Å²) in [6.07, 6.45) is 4.04. The highest BCUT2D eigenvalue weighted by atomic mass is 32.2. The largest absolute Gasteiger partial charge is 0.455 e. The van der Waals surface area contributed by atoms with Crippen LogP contribution in [0.1, 0.15) is 42.6 Å². The molecule has 0 spiro atoms. The molecule has 1 unspecified atom stereocenters. The topological polar surface area (TPSA) is 102 Å². The molecule has 8 nitrogen and oxygen atoms in total. The fourth-order valence-corrected chi connectivity index (χ4v) is 2.77. The number of hydrogen-bond acceptors (Lipinski definition) is 6. The normalized spacial score (nSPS) is 12.2. The van der Waals surface area contributed by atoms with Gasteiger partial charge in [0.25, 0.3) is 5.91 Å². The van der Waals surface area contributed by atoms with E-state index in [0.717, 1.165) is 6.42 Å². The molecule has 1 atom stereocenters. The molecule has 3 aromatic heterocycles. The molecule has 1 amide bonds. The quantitative estimate of drug-likeness (QED) is 0.637. The molecule has 3 heterocycles. The van der Waals surface area contributed by atoms with Crippen LogP contribution in [0, 0.1) is 0 Å². The second-order valence-electron chi connectivity index (χ2n) is 5.22. The van der Waals surface area contributed by atoms with E-state index >= 15 is 0 Å². The van der Waals surface area contributed by atoms with Gasteiger partial charge >= 0.3 is 0 Å². The first-order valence-corrected chi connectivity index (χ1v) is 8.57. The van der Waals surface area contributed by atoms with Crippen LogP contribution in [0.25, 0.3) is 0 Å². The average Bonchev–Trinajstić information content (AvgIpc) is 3.33. The number of furan rings is 1. The van der Waals surface area contributed by atoms with Crippen molar-refractivity contribution in [3.05, 3.63) is 42.2 Å². The number of amides is 1. The number of hydrogen-bond donors (Lipinski definition) is 2. The van der Waals surface area contributed by atoms with Gasteiger partial charge in [0.1, 0.15) is 17.9 Å². The standard InChI is InChI=1S/C15H18N6O2S/c1-3-10(2)21-13(6-7-18-21)19-14(22)12-5-4-11(23-12)8-24-15-16-9-17-20-15/h4-7,9-10H,3,8H2,1-2H3,(H,19,22)(H,16,17,20). The first-order valence-electron chi connectivity index (χ1n) is 7.59. The predicted octanol–water partition coefficient (Wildman–Crippen LogP) is 3.11. The number of nitrogens with zero attached hydrogens (tertiary/aromatic N) is 4. The van der Waals surface area contributed by atoms with Gasteiger partial charge in [-0.15, -0.1) is 0 Å². The molecule has 0 aromatic carbocycles. The minimum Gasteiger partial charge on any atom is -0.455 e. The Morgan fingerprint density at radius 3 is 3.08 bits per heavy atom. The van der Waals surface area contributed by atoms with Crippen molar-refractivity contribution < 1.29 is 9.21 Å². The minimum absolute atomic E-state index is 0.209. The molecular formula is C15H18N6O2S. The van der Waals surface area contributed by atoms with Gasteiger partial charge in [0.2, 0.25) is 0 Å². The van der Waals surface area contributed by atoms with Gasteiger partial charge in [-0.05, 0) is 25.5 Å². The zero-order valence-corrected chi connectivity index (χ0v) is 14.2. The fraction of sp³-hybridized carbons (Fsp3) is 0.333. The Hall–Kier alpha value is -2.55. The lowest BCUT2D eigenvalue weighted by atomic mass is 10.3. The molecule has 9 heteroatoms. The highest BCUT2D eigenvalue weighted by Gasteiger charge is 2.15. The molecule has 3 aromatic rings. The Kier molecular flexibility index (Phi) is 4.99.